The summed E-state index contributed by atoms with van der Waals surface area (Å²) in [5.74, 6) is 0.0296. The van der Waals surface area contributed by atoms with E-state index in [9.17, 15) is 4.79 Å². The Kier molecular flexibility index (Phi) is 5.58. The molecular formula is C16H27N3O2S. The van der Waals surface area contributed by atoms with Crippen LogP contribution in [0.2, 0.25) is 0 Å². The van der Waals surface area contributed by atoms with E-state index in [1.54, 1.807) is 0 Å². The van der Waals surface area contributed by atoms with Crippen molar-refractivity contribution in [2.75, 3.05) is 18.4 Å². The van der Waals surface area contributed by atoms with Crippen molar-refractivity contribution in [3.63, 3.8) is 0 Å². The highest BCUT2D eigenvalue weighted by Crippen LogP contribution is 2.22. The summed E-state index contributed by atoms with van der Waals surface area (Å²) in [6.07, 6.45) is 1.02. The summed E-state index contributed by atoms with van der Waals surface area (Å²) >= 11 is 1.49. The molecular weight excluding hydrogens is 298 g/mol. The largest absolute Gasteiger partial charge is 0.373 e. The molecule has 1 aromatic heterocycles. The number of morpholine rings is 1. The van der Waals surface area contributed by atoms with Gasteiger partial charge in [0.25, 0.3) is 0 Å². The molecule has 6 heteroatoms. The van der Waals surface area contributed by atoms with E-state index in [0.717, 1.165) is 25.3 Å². The number of nitrogens with zero attached hydrogens (tertiary/aromatic N) is 2. The van der Waals surface area contributed by atoms with Crippen LogP contribution in [0.4, 0.5) is 5.13 Å². The first-order valence-electron chi connectivity index (χ1n) is 7.83. The molecule has 0 radical (unpaired) electrons. The van der Waals surface area contributed by atoms with Gasteiger partial charge in [0.1, 0.15) is 0 Å². The van der Waals surface area contributed by atoms with Gasteiger partial charge in [-0.3, -0.25) is 9.69 Å². The first-order chi connectivity index (χ1) is 10.2. The van der Waals surface area contributed by atoms with Gasteiger partial charge in [-0.25, -0.2) is 4.98 Å². The summed E-state index contributed by atoms with van der Waals surface area (Å²) in [5, 5.41) is 5.62. The Morgan fingerprint density at radius 2 is 2.05 bits per heavy atom. The molecule has 2 atom stereocenters. The Bertz CT molecular complexity index is 500. The van der Waals surface area contributed by atoms with E-state index in [1.165, 1.54) is 11.3 Å². The third-order valence-electron chi connectivity index (χ3n) is 3.37. The topological polar surface area (TPSA) is 54.5 Å². The summed E-state index contributed by atoms with van der Waals surface area (Å²) in [7, 11) is 0. The first-order valence-corrected chi connectivity index (χ1v) is 8.71. The molecule has 1 aromatic rings. The number of anilines is 1. The molecule has 0 saturated carbocycles. The van der Waals surface area contributed by atoms with Crippen LogP contribution in [0.3, 0.4) is 0 Å². The molecule has 1 aliphatic heterocycles. The maximum atomic E-state index is 11.9. The van der Waals surface area contributed by atoms with Crippen LogP contribution >= 0.6 is 11.3 Å². The van der Waals surface area contributed by atoms with Gasteiger partial charge in [0.2, 0.25) is 5.91 Å². The molecule has 2 rings (SSSR count). The highest BCUT2D eigenvalue weighted by atomic mass is 32.1. The van der Waals surface area contributed by atoms with Crippen LogP contribution in [0.1, 0.15) is 46.7 Å². The zero-order valence-corrected chi connectivity index (χ0v) is 15.0. The van der Waals surface area contributed by atoms with Crippen LogP contribution in [0.15, 0.2) is 5.38 Å². The van der Waals surface area contributed by atoms with E-state index in [4.69, 9.17) is 4.74 Å². The molecule has 1 N–H and O–H groups in total. The van der Waals surface area contributed by atoms with Gasteiger partial charge in [0, 0.05) is 31.4 Å². The van der Waals surface area contributed by atoms with Gasteiger partial charge in [-0.05, 0) is 19.3 Å². The number of aromatic nitrogens is 1. The fourth-order valence-electron chi connectivity index (χ4n) is 2.72. The number of thiazole rings is 1. The van der Waals surface area contributed by atoms with Gasteiger partial charge in [-0.15, -0.1) is 11.3 Å². The highest BCUT2D eigenvalue weighted by Gasteiger charge is 2.23. The lowest BCUT2D eigenvalue weighted by atomic mass is 9.92. The third kappa shape index (κ3) is 5.66. The van der Waals surface area contributed by atoms with Crippen molar-refractivity contribution in [3.8, 4) is 0 Å². The van der Waals surface area contributed by atoms with Crippen LogP contribution in [0.5, 0.6) is 0 Å². The smallest absolute Gasteiger partial charge is 0.226 e. The lowest BCUT2D eigenvalue weighted by Crippen LogP contribution is -2.44. The molecule has 22 heavy (non-hydrogen) atoms. The van der Waals surface area contributed by atoms with E-state index in [-0.39, 0.29) is 23.5 Å². The van der Waals surface area contributed by atoms with Crippen LogP contribution < -0.4 is 5.32 Å². The Morgan fingerprint density at radius 1 is 1.41 bits per heavy atom. The predicted octanol–water partition coefficient (Wildman–Crippen LogP) is 3.13. The van der Waals surface area contributed by atoms with Gasteiger partial charge >= 0.3 is 0 Å². The van der Waals surface area contributed by atoms with Crippen molar-refractivity contribution in [2.45, 2.75) is 59.8 Å². The van der Waals surface area contributed by atoms with E-state index >= 15 is 0 Å². The number of nitrogens with one attached hydrogen (secondary N) is 1. The van der Waals surface area contributed by atoms with Crippen LogP contribution in [-0.4, -0.2) is 41.1 Å². The standard InChI is InChI=1S/C16H27N3O2S/c1-11-7-19(8-12(2)21-11)9-13-10-22-15(17-13)18-14(20)6-16(3,4)5/h10-12H,6-9H2,1-5H3,(H,17,18,20). The quantitative estimate of drug-likeness (QED) is 0.924. The molecule has 0 aromatic carbocycles. The summed E-state index contributed by atoms with van der Waals surface area (Å²) in [5.41, 5.74) is 1.00. The van der Waals surface area contributed by atoms with Crippen molar-refractivity contribution in [1.29, 1.82) is 0 Å². The lowest BCUT2D eigenvalue weighted by Gasteiger charge is -2.34. The molecule has 2 heterocycles. The maximum Gasteiger partial charge on any atom is 0.226 e. The van der Waals surface area contributed by atoms with Gasteiger partial charge in [0.15, 0.2) is 5.13 Å². The zero-order chi connectivity index (χ0) is 16.3. The van der Waals surface area contributed by atoms with Gasteiger partial charge in [0.05, 0.1) is 17.9 Å². The summed E-state index contributed by atoms with van der Waals surface area (Å²) in [6, 6.07) is 0. The van der Waals surface area contributed by atoms with Crippen molar-refractivity contribution in [1.82, 2.24) is 9.88 Å². The average molecular weight is 325 g/mol. The Labute approximate surface area is 137 Å². The Hall–Kier alpha value is -0.980. The molecule has 2 unspecified atom stereocenters. The highest BCUT2D eigenvalue weighted by molar-refractivity contribution is 7.13. The second kappa shape index (κ2) is 7.06. The fourth-order valence-corrected chi connectivity index (χ4v) is 3.44. The number of hydrogen-bond donors (Lipinski definition) is 1. The van der Waals surface area contributed by atoms with E-state index in [1.807, 2.05) is 5.38 Å². The van der Waals surface area contributed by atoms with Gasteiger partial charge in [-0.1, -0.05) is 20.8 Å². The van der Waals surface area contributed by atoms with Gasteiger partial charge < -0.3 is 10.1 Å². The second-order valence-electron chi connectivity index (χ2n) is 7.38. The minimum atomic E-state index is -0.00967. The maximum absolute atomic E-state index is 11.9. The number of ether oxygens (including phenoxy) is 1. The normalized spacial score (nSPS) is 23.5. The summed E-state index contributed by atoms with van der Waals surface area (Å²) in [4.78, 5) is 18.8. The third-order valence-corrected chi connectivity index (χ3v) is 4.18. The minimum Gasteiger partial charge on any atom is -0.373 e. The molecule has 124 valence electrons. The fraction of sp³-hybridized carbons (Fsp3) is 0.750. The summed E-state index contributed by atoms with van der Waals surface area (Å²) in [6.45, 7) is 13.0. The van der Waals surface area contributed by atoms with Crippen LogP contribution in [0, 0.1) is 5.41 Å². The summed E-state index contributed by atoms with van der Waals surface area (Å²) < 4.78 is 5.74. The number of amides is 1. The van der Waals surface area contributed by atoms with Crippen molar-refractivity contribution < 1.29 is 9.53 Å². The number of rotatable bonds is 4. The molecule has 0 bridgehead atoms. The lowest BCUT2D eigenvalue weighted by molar-refractivity contribution is -0.117. The molecule has 0 aliphatic carbocycles. The number of carbonyl (C=O) groups excluding carboxylic acids is 1. The monoisotopic (exact) mass is 325 g/mol. The van der Waals surface area contributed by atoms with Crippen molar-refractivity contribution in [3.05, 3.63) is 11.1 Å². The van der Waals surface area contributed by atoms with E-state index < -0.39 is 0 Å². The molecule has 1 aliphatic rings. The van der Waals surface area contributed by atoms with E-state index in [0.29, 0.717) is 11.6 Å². The van der Waals surface area contributed by atoms with Gasteiger partial charge in [-0.2, -0.15) is 0 Å². The SMILES string of the molecule is CC1CN(Cc2csc(NC(=O)CC(C)(C)C)n2)CC(C)O1. The molecule has 0 spiro atoms. The molecule has 5 nitrogen and oxygen atoms in total. The van der Waals surface area contributed by atoms with Crippen LogP contribution in [-0.2, 0) is 16.1 Å². The first kappa shape index (κ1) is 17.4. The van der Waals surface area contributed by atoms with Crippen molar-refractivity contribution >= 4 is 22.4 Å². The van der Waals surface area contributed by atoms with E-state index in [2.05, 4.69) is 49.8 Å². The molecule has 1 amide bonds. The Balaban J connectivity index is 1.87. The Morgan fingerprint density at radius 3 is 2.64 bits per heavy atom. The van der Waals surface area contributed by atoms with Crippen molar-refractivity contribution in [2.24, 2.45) is 5.41 Å². The van der Waals surface area contributed by atoms with Crippen LogP contribution in [0.25, 0.3) is 0 Å². The number of hydrogen-bond acceptors (Lipinski definition) is 5. The average Bonchev–Trinajstić information content (AvgIpc) is 2.71. The molecule has 1 saturated heterocycles. The second-order valence-corrected chi connectivity index (χ2v) is 8.24. The zero-order valence-electron chi connectivity index (χ0n) is 14.2. The predicted molar refractivity (Wildman–Crippen MR) is 90.1 cm³/mol. The number of carbonyl (C=O) groups is 1. The molecule has 1 fully saturated rings. The minimum absolute atomic E-state index is 0.00967.